The number of nitrogens with one attached hydrogen (secondary N) is 1. The van der Waals surface area contributed by atoms with Crippen molar-refractivity contribution in [3.8, 4) is 0 Å². The first kappa shape index (κ1) is 59.8. The Morgan fingerprint density at radius 3 is 1.48 bits per heavy atom. The van der Waals surface area contributed by atoms with Gasteiger partial charge in [-0.1, -0.05) is 240 Å². The van der Waals surface area contributed by atoms with E-state index in [1.54, 1.807) is 0 Å². The van der Waals surface area contributed by atoms with Crippen molar-refractivity contribution in [2.75, 3.05) is 6.61 Å². The molecule has 0 aliphatic rings. The first-order valence-electron chi connectivity index (χ1n) is 26.0. The summed E-state index contributed by atoms with van der Waals surface area (Å²) in [5, 5.41) is 23.7. The number of ether oxygens (including phenoxy) is 1. The van der Waals surface area contributed by atoms with Crippen LogP contribution in [0.2, 0.25) is 0 Å². The summed E-state index contributed by atoms with van der Waals surface area (Å²) >= 11 is 0. The summed E-state index contributed by atoms with van der Waals surface area (Å²) in [5.74, 6) is -0.560. The molecule has 0 aliphatic carbocycles. The molecule has 0 bridgehead atoms. The molecular weight excluding hydrogens is 779 g/mol. The van der Waals surface area contributed by atoms with Crippen molar-refractivity contribution in [1.29, 1.82) is 0 Å². The molecule has 0 spiro atoms. The van der Waals surface area contributed by atoms with Gasteiger partial charge in [-0.3, -0.25) is 9.59 Å². The van der Waals surface area contributed by atoms with Crippen LogP contribution in [0.5, 0.6) is 0 Å². The lowest BCUT2D eigenvalue weighted by atomic mass is 10.0. The topological polar surface area (TPSA) is 95.9 Å². The van der Waals surface area contributed by atoms with Crippen LogP contribution in [0.3, 0.4) is 0 Å². The van der Waals surface area contributed by atoms with Crippen LogP contribution in [0, 0.1) is 0 Å². The zero-order chi connectivity index (χ0) is 45.9. The van der Waals surface area contributed by atoms with E-state index in [1.807, 2.05) is 60.8 Å². The highest BCUT2D eigenvalue weighted by atomic mass is 16.5. The summed E-state index contributed by atoms with van der Waals surface area (Å²) in [6.07, 6.45) is 66.1. The van der Waals surface area contributed by atoms with E-state index in [-0.39, 0.29) is 24.9 Å². The normalized spacial score (nSPS) is 14.0. The first-order valence-corrected chi connectivity index (χ1v) is 26.0. The summed E-state index contributed by atoms with van der Waals surface area (Å²) in [7, 11) is 0. The Balaban J connectivity index is 4.69. The lowest BCUT2D eigenvalue weighted by Crippen LogP contribution is -2.46. The minimum Gasteiger partial charge on any atom is -0.462 e. The number of hydrogen-bond donors (Lipinski definition) is 3. The summed E-state index contributed by atoms with van der Waals surface area (Å²) < 4.78 is 5.90. The molecule has 0 aliphatic heterocycles. The SMILES string of the molecule is CC\C=C/C=C/C=C/C=C\C=C\C=C\CCCC(CC(=O)NC(CO)C(O)CCCCCCCCCCCC)OC(=O)CCCCCCCCCCC/C=C\C/C=C\CCCCC. The molecule has 0 fully saturated rings. The molecule has 6 nitrogen and oxygen atoms in total. The maximum Gasteiger partial charge on any atom is 0.306 e. The van der Waals surface area contributed by atoms with E-state index in [4.69, 9.17) is 4.74 Å². The predicted octanol–water partition coefficient (Wildman–Crippen LogP) is 15.7. The molecule has 0 radical (unpaired) electrons. The Kier molecular flexibility index (Phi) is 47.2. The summed E-state index contributed by atoms with van der Waals surface area (Å²) in [4.78, 5) is 26.1. The van der Waals surface area contributed by atoms with Crippen LogP contribution in [-0.4, -0.2) is 46.9 Å². The highest BCUT2D eigenvalue weighted by molar-refractivity contribution is 5.77. The van der Waals surface area contributed by atoms with Gasteiger partial charge in [0.25, 0.3) is 0 Å². The van der Waals surface area contributed by atoms with Crippen molar-refractivity contribution in [2.24, 2.45) is 0 Å². The Morgan fingerprint density at radius 1 is 0.492 bits per heavy atom. The number of aliphatic hydroxyl groups excluding tert-OH is 2. The van der Waals surface area contributed by atoms with E-state index in [0.717, 1.165) is 64.2 Å². The molecule has 360 valence electrons. The molecule has 1 amide bonds. The fourth-order valence-corrected chi connectivity index (χ4v) is 7.38. The van der Waals surface area contributed by atoms with Gasteiger partial charge in [-0.05, 0) is 70.6 Å². The van der Waals surface area contributed by atoms with Crippen LogP contribution >= 0.6 is 0 Å². The van der Waals surface area contributed by atoms with Crippen LogP contribution in [0.15, 0.2) is 97.2 Å². The number of hydrogen-bond acceptors (Lipinski definition) is 5. The van der Waals surface area contributed by atoms with Crippen molar-refractivity contribution in [3.05, 3.63) is 97.2 Å². The number of rotatable bonds is 45. The molecule has 0 aromatic carbocycles. The molecule has 0 saturated heterocycles. The lowest BCUT2D eigenvalue weighted by molar-refractivity contribution is -0.151. The highest BCUT2D eigenvalue weighted by Crippen LogP contribution is 2.17. The number of carbonyl (C=O) groups excluding carboxylic acids is 2. The van der Waals surface area contributed by atoms with Gasteiger partial charge in [-0.15, -0.1) is 0 Å². The summed E-state index contributed by atoms with van der Waals surface area (Å²) in [6.45, 7) is 6.27. The van der Waals surface area contributed by atoms with Crippen molar-refractivity contribution >= 4 is 11.9 Å². The molecule has 0 saturated carbocycles. The van der Waals surface area contributed by atoms with E-state index >= 15 is 0 Å². The smallest absolute Gasteiger partial charge is 0.306 e. The molecule has 3 N–H and O–H groups in total. The average molecular weight is 876 g/mol. The Hall–Kier alpha value is -3.22. The van der Waals surface area contributed by atoms with Gasteiger partial charge in [0, 0.05) is 6.42 Å². The average Bonchev–Trinajstić information content (AvgIpc) is 3.28. The number of allylic oxidation sites excluding steroid dienone is 16. The second kappa shape index (κ2) is 49.8. The van der Waals surface area contributed by atoms with E-state index in [1.165, 1.54) is 116 Å². The fourth-order valence-electron chi connectivity index (χ4n) is 7.38. The first-order chi connectivity index (χ1) is 31.0. The number of aliphatic hydroxyl groups is 2. The van der Waals surface area contributed by atoms with Gasteiger partial charge in [-0.2, -0.15) is 0 Å². The third kappa shape index (κ3) is 45.2. The van der Waals surface area contributed by atoms with Gasteiger partial charge in [0.2, 0.25) is 5.91 Å². The maximum atomic E-state index is 13.2. The highest BCUT2D eigenvalue weighted by Gasteiger charge is 2.24. The number of amides is 1. The molecule has 0 heterocycles. The molecular formula is C57H97NO5. The van der Waals surface area contributed by atoms with Crippen LogP contribution in [0.1, 0.15) is 226 Å². The van der Waals surface area contributed by atoms with Gasteiger partial charge >= 0.3 is 5.97 Å². The van der Waals surface area contributed by atoms with Gasteiger partial charge in [0.1, 0.15) is 6.10 Å². The van der Waals surface area contributed by atoms with Gasteiger partial charge in [-0.25, -0.2) is 0 Å². The zero-order valence-electron chi connectivity index (χ0n) is 40.9. The van der Waals surface area contributed by atoms with Gasteiger partial charge in [0.05, 0.1) is 25.2 Å². The third-order valence-corrected chi connectivity index (χ3v) is 11.3. The van der Waals surface area contributed by atoms with Crippen LogP contribution < -0.4 is 5.32 Å². The van der Waals surface area contributed by atoms with E-state index in [9.17, 15) is 19.8 Å². The minimum absolute atomic E-state index is 0.0199. The zero-order valence-corrected chi connectivity index (χ0v) is 40.9. The van der Waals surface area contributed by atoms with Crippen molar-refractivity contribution in [2.45, 2.75) is 244 Å². The molecule has 0 rings (SSSR count). The molecule has 3 unspecified atom stereocenters. The van der Waals surface area contributed by atoms with E-state index in [0.29, 0.717) is 19.3 Å². The number of unbranched alkanes of at least 4 members (excludes halogenated alkanes) is 22. The quantitative estimate of drug-likeness (QED) is 0.0245. The van der Waals surface area contributed by atoms with Crippen LogP contribution in [0.25, 0.3) is 0 Å². The maximum absolute atomic E-state index is 13.2. The number of esters is 1. The largest absolute Gasteiger partial charge is 0.462 e. The molecule has 6 heteroatoms. The lowest BCUT2D eigenvalue weighted by Gasteiger charge is -2.24. The minimum atomic E-state index is -0.812. The molecule has 0 aromatic heterocycles. The molecule has 63 heavy (non-hydrogen) atoms. The van der Waals surface area contributed by atoms with E-state index in [2.05, 4.69) is 62.5 Å². The van der Waals surface area contributed by atoms with Gasteiger partial charge in [0.15, 0.2) is 0 Å². The second-order valence-corrected chi connectivity index (χ2v) is 17.3. The predicted molar refractivity (Wildman–Crippen MR) is 273 cm³/mol. The second-order valence-electron chi connectivity index (χ2n) is 17.3. The molecule has 0 aromatic rings. The Morgan fingerprint density at radius 2 is 0.937 bits per heavy atom. The Labute approximate surface area is 388 Å². The van der Waals surface area contributed by atoms with Crippen molar-refractivity contribution in [1.82, 2.24) is 5.32 Å². The van der Waals surface area contributed by atoms with Crippen LogP contribution in [0.4, 0.5) is 0 Å². The molecule has 3 atom stereocenters. The number of carbonyl (C=O) groups is 2. The van der Waals surface area contributed by atoms with Crippen LogP contribution in [-0.2, 0) is 14.3 Å². The van der Waals surface area contributed by atoms with Gasteiger partial charge < -0.3 is 20.3 Å². The monoisotopic (exact) mass is 876 g/mol. The third-order valence-electron chi connectivity index (χ3n) is 11.3. The van der Waals surface area contributed by atoms with Crippen molar-refractivity contribution < 1.29 is 24.5 Å². The van der Waals surface area contributed by atoms with E-state index < -0.39 is 18.2 Å². The standard InChI is InChI=1S/C57H97NO5/c1-4-7-10-13-16-19-22-24-26-27-28-29-31-33-35-38-41-44-47-50-57(62)63-53(48-45-42-39-36-34-32-30-25-23-20-17-14-11-8-5-2)51-56(61)58-54(52-59)55(60)49-46-43-40-37-21-18-15-12-9-6-3/h8,11,14,16-17,19-20,23-26,30,32,34,36,39,53-55,59-60H,4-7,9-10,12-13,15,18,21-22,27-29,31,33,35,37-38,40-52H2,1-3H3,(H,58,61)/b11-8-,17-14+,19-16-,23-20+,26-24-,30-25-,34-32+,39-36+. The summed E-state index contributed by atoms with van der Waals surface area (Å²) in [6, 6.07) is -0.731. The Bertz CT molecular complexity index is 1260. The van der Waals surface area contributed by atoms with Crippen molar-refractivity contribution in [3.63, 3.8) is 0 Å². The fraction of sp³-hybridized carbons (Fsp3) is 0.684. The summed E-state index contributed by atoms with van der Waals surface area (Å²) in [5.41, 5.74) is 0.